The van der Waals surface area contributed by atoms with Gasteiger partial charge in [0.25, 0.3) is 0 Å². The number of rotatable bonds is 4. The number of carbonyl (C=O) groups excluding carboxylic acids is 1. The summed E-state index contributed by atoms with van der Waals surface area (Å²) in [5.74, 6) is 0.0867. The summed E-state index contributed by atoms with van der Waals surface area (Å²) >= 11 is 0. The second-order valence-electron chi connectivity index (χ2n) is 4.65. The summed E-state index contributed by atoms with van der Waals surface area (Å²) < 4.78 is 0. The largest absolute Gasteiger partial charge is 0.290 e. The highest BCUT2D eigenvalue weighted by Crippen LogP contribution is 2.18. The molecule has 0 saturated heterocycles. The first-order valence-corrected chi connectivity index (χ1v) is 7.12. The molecule has 0 N–H and O–H groups in total. The SMILES string of the molecule is CCN=C1C=CC(C(=O)C2=CCC(=NCC)C=C2)=CC1. The van der Waals surface area contributed by atoms with Crippen LogP contribution in [0.5, 0.6) is 0 Å². The van der Waals surface area contributed by atoms with Gasteiger partial charge in [-0.2, -0.15) is 0 Å². The van der Waals surface area contributed by atoms with Crippen LogP contribution in [0, 0.1) is 0 Å². The maximum atomic E-state index is 12.4. The Morgan fingerprint density at radius 2 is 1.35 bits per heavy atom. The second kappa shape index (κ2) is 6.94. The molecule has 0 aromatic carbocycles. The number of carbonyl (C=O) groups is 1. The predicted octanol–water partition coefficient (Wildman–Crippen LogP) is 3.25. The molecule has 0 saturated carbocycles. The monoisotopic (exact) mass is 268 g/mol. The van der Waals surface area contributed by atoms with E-state index in [0.29, 0.717) is 0 Å². The van der Waals surface area contributed by atoms with Crippen LogP contribution in [0.25, 0.3) is 0 Å². The first kappa shape index (κ1) is 14.4. The average molecular weight is 268 g/mol. The first-order chi connectivity index (χ1) is 9.74. The molecule has 0 aromatic rings. The molecular formula is C17H20N2O. The van der Waals surface area contributed by atoms with Gasteiger partial charge in [-0.05, 0) is 38.2 Å². The third-order valence-corrected chi connectivity index (χ3v) is 3.22. The van der Waals surface area contributed by atoms with E-state index < -0.39 is 0 Å². The molecule has 2 aliphatic rings. The number of allylic oxidation sites excluding steroid dienone is 8. The van der Waals surface area contributed by atoms with Crippen LogP contribution in [-0.2, 0) is 4.79 Å². The maximum absolute atomic E-state index is 12.4. The number of Topliss-reactive ketones (excluding diaryl/α,β-unsaturated/α-hetero) is 1. The minimum Gasteiger partial charge on any atom is -0.290 e. The van der Waals surface area contributed by atoms with Crippen LogP contribution in [0.3, 0.4) is 0 Å². The molecule has 0 radical (unpaired) electrons. The molecule has 0 heterocycles. The summed E-state index contributed by atoms with van der Waals surface area (Å²) in [6.07, 6.45) is 13.0. The smallest absolute Gasteiger partial charge is 0.192 e. The third kappa shape index (κ3) is 3.50. The zero-order valence-electron chi connectivity index (χ0n) is 12.1. The maximum Gasteiger partial charge on any atom is 0.192 e. The molecular weight excluding hydrogens is 248 g/mol. The lowest BCUT2D eigenvalue weighted by Gasteiger charge is -2.11. The van der Waals surface area contributed by atoms with Crippen LogP contribution in [0.1, 0.15) is 26.7 Å². The molecule has 3 heteroatoms. The number of ketones is 1. The van der Waals surface area contributed by atoms with E-state index in [0.717, 1.165) is 48.5 Å². The summed E-state index contributed by atoms with van der Waals surface area (Å²) in [6.45, 7) is 5.59. The Morgan fingerprint density at radius 3 is 1.65 bits per heavy atom. The lowest BCUT2D eigenvalue weighted by Crippen LogP contribution is -2.11. The standard InChI is InChI=1S/C17H20N2O/c1-3-18-15-9-5-13(6-10-15)17(20)14-7-11-16(12-8-14)19-4-2/h5-9,11H,3-4,10,12H2,1-2H3. The van der Waals surface area contributed by atoms with E-state index in [1.165, 1.54) is 0 Å². The molecule has 3 nitrogen and oxygen atoms in total. The van der Waals surface area contributed by atoms with Gasteiger partial charge < -0.3 is 0 Å². The van der Waals surface area contributed by atoms with Crippen molar-refractivity contribution < 1.29 is 4.79 Å². The summed E-state index contributed by atoms with van der Waals surface area (Å²) in [4.78, 5) is 21.1. The number of aliphatic imine (C=N–C) groups is 2. The zero-order valence-corrected chi connectivity index (χ0v) is 12.1. The van der Waals surface area contributed by atoms with Gasteiger partial charge in [-0.15, -0.1) is 0 Å². The van der Waals surface area contributed by atoms with E-state index in [1.807, 2.05) is 50.3 Å². The van der Waals surface area contributed by atoms with E-state index in [4.69, 9.17) is 0 Å². The fourth-order valence-corrected chi connectivity index (χ4v) is 2.22. The molecule has 0 bridgehead atoms. The molecule has 0 unspecified atom stereocenters. The van der Waals surface area contributed by atoms with E-state index >= 15 is 0 Å². The van der Waals surface area contributed by atoms with Gasteiger partial charge in [-0.1, -0.05) is 12.2 Å². The Morgan fingerprint density at radius 1 is 0.900 bits per heavy atom. The zero-order chi connectivity index (χ0) is 14.4. The third-order valence-electron chi connectivity index (χ3n) is 3.22. The van der Waals surface area contributed by atoms with Gasteiger partial charge in [0, 0.05) is 48.5 Å². The number of hydrogen-bond acceptors (Lipinski definition) is 3. The lowest BCUT2D eigenvalue weighted by molar-refractivity contribution is -0.111. The minimum absolute atomic E-state index is 0.0867. The molecule has 2 rings (SSSR count). The van der Waals surface area contributed by atoms with E-state index in [1.54, 1.807) is 0 Å². The molecule has 0 aliphatic heterocycles. The van der Waals surface area contributed by atoms with Gasteiger partial charge in [0.1, 0.15) is 0 Å². The van der Waals surface area contributed by atoms with Crippen molar-refractivity contribution in [3.63, 3.8) is 0 Å². The van der Waals surface area contributed by atoms with Gasteiger partial charge in [0.2, 0.25) is 0 Å². The van der Waals surface area contributed by atoms with Crippen molar-refractivity contribution in [1.29, 1.82) is 0 Å². The van der Waals surface area contributed by atoms with Crippen molar-refractivity contribution in [3.8, 4) is 0 Å². The topological polar surface area (TPSA) is 41.8 Å². The van der Waals surface area contributed by atoms with Crippen LogP contribution in [-0.4, -0.2) is 30.3 Å². The Labute approximate surface area is 120 Å². The quantitative estimate of drug-likeness (QED) is 0.771. The summed E-state index contributed by atoms with van der Waals surface area (Å²) in [7, 11) is 0. The fourth-order valence-electron chi connectivity index (χ4n) is 2.22. The molecule has 104 valence electrons. The van der Waals surface area contributed by atoms with Crippen molar-refractivity contribution in [1.82, 2.24) is 0 Å². The molecule has 0 fully saturated rings. The van der Waals surface area contributed by atoms with Gasteiger partial charge >= 0.3 is 0 Å². The van der Waals surface area contributed by atoms with E-state index in [2.05, 4.69) is 9.98 Å². The Balaban J connectivity index is 2.04. The van der Waals surface area contributed by atoms with Crippen LogP contribution in [0.15, 0.2) is 57.6 Å². The minimum atomic E-state index is 0.0867. The van der Waals surface area contributed by atoms with Crippen LogP contribution in [0.4, 0.5) is 0 Å². The number of nitrogens with zero attached hydrogens (tertiary/aromatic N) is 2. The van der Waals surface area contributed by atoms with Gasteiger partial charge in [0.05, 0.1) is 0 Å². The van der Waals surface area contributed by atoms with Gasteiger partial charge in [-0.3, -0.25) is 14.8 Å². The Hall–Kier alpha value is -2.03. The second-order valence-corrected chi connectivity index (χ2v) is 4.65. The average Bonchev–Trinajstić information content (AvgIpc) is 2.49. The van der Waals surface area contributed by atoms with Gasteiger partial charge in [0.15, 0.2) is 5.78 Å². The molecule has 0 aromatic heterocycles. The van der Waals surface area contributed by atoms with Crippen molar-refractivity contribution in [2.24, 2.45) is 9.98 Å². The van der Waals surface area contributed by atoms with E-state index in [9.17, 15) is 4.79 Å². The Bertz CT molecular complexity index is 522. The van der Waals surface area contributed by atoms with Crippen molar-refractivity contribution in [3.05, 3.63) is 47.6 Å². The Kier molecular flexibility index (Phi) is 4.99. The van der Waals surface area contributed by atoms with Crippen LogP contribution < -0.4 is 0 Å². The van der Waals surface area contributed by atoms with Crippen LogP contribution in [0.2, 0.25) is 0 Å². The van der Waals surface area contributed by atoms with Crippen molar-refractivity contribution >= 4 is 17.2 Å². The van der Waals surface area contributed by atoms with Crippen molar-refractivity contribution in [2.45, 2.75) is 26.7 Å². The molecule has 0 spiro atoms. The fraction of sp³-hybridized carbons (Fsp3) is 0.353. The van der Waals surface area contributed by atoms with E-state index in [-0.39, 0.29) is 5.78 Å². The molecule has 0 atom stereocenters. The van der Waals surface area contributed by atoms with Crippen molar-refractivity contribution in [2.75, 3.05) is 13.1 Å². The highest BCUT2D eigenvalue weighted by Gasteiger charge is 2.15. The molecule has 0 amide bonds. The summed E-state index contributed by atoms with van der Waals surface area (Å²) in [5.41, 5.74) is 3.59. The summed E-state index contributed by atoms with van der Waals surface area (Å²) in [6, 6.07) is 0. The first-order valence-electron chi connectivity index (χ1n) is 7.12. The molecule has 2 aliphatic carbocycles. The number of hydrogen-bond donors (Lipinski definition) is 0. The predicted molar refractivity (Wildman–Crippen MR) is 84.6 cm³/mol. The highest BCUT2D eigenvalue weighted by molar-refractivity contribution is 6.16. The normalized spacial score (nSPS) is 22.1. The summed E-state index contributed by atoms with van der Waals surface area (Å²) in [5, 5.41) is 0. The highest BCUT2D eigenvalue weighted by atomic mass is 16.1. The lowest BCUT2D eigenvalue weighted by atomic mass is 9.94. The van der Waals surface area contributed by atoms with Gasteiger partial charge in [-0.25, -0.2) is 0 Å². The molecule has 20 heavy (non-hydrogen) atoms. The van der Waals surface area contributed by atoms with Crippen LogP contribution >= 0.6 is 0 Å².